The quantitative estimate of drug-likeness (QED) is 0.562. The van der Waals surface area contributed by atoms with Gasteiger partial charge in [0, 0.05) is 23.1 Å². The van der Waals surface area contributed by atoms with Crippen molar-refractivity contribution >= 4 is 39.8 Å². The van der Waals surface area contributed by atoms with E-state index in [1.165, 1.54) is 28.9 Å². The zero-order valence-corrected chi connectivity index (χ0v) is 18.3. The molecular formula is C24H18FN5O2S. The molecule has 1 aromatic heterocycles. The summed E-state index contributed by atoms with van der Waals surface area (Å²) in [4.78, 5) is 16.9. The van der Waals surface area contributed by atoms with Gasteiger partial charge in [0.05, 0.1) is 12.2 Å². The molecule has 33 heavy (non-hydrogen) atoms. The lowest BCUT2D eigenvalue weighted by molar-refractivity contribution is -0.114. The van der Waals surface area contributed by atoms with Crippen LogP contribution in [0.1, 0.15) is 18.2 Å². The second kappa shape index (κ2) is 8.51. The standard InChI is InChI=1S/C24H18FN5O2S/c1-2-32-19-11-9-17(10-12-19)29-13-3-4-18(29)14-20-21(26)30-24(27-22(20)31)33-23(28-30)15-5-7-16(25)8-6-15/h3-14,26H,2H2,1H3/b20-14+,26-21?. The van der Waals surface area contributed by atoms with E-state index in [-0.39, 0.29) is 17.2 Å². The Labute approximate surface area is 193 Å². The fourth-order valence-electron chi connectivity index (χ4n) is 3.47. The summed E-state index contributed by atoms with van der Waals surface area (Å²) in [6.07, 6.45) is 3.52. The van der Waals surface area contributed by atoms with E-state index in [4.69, 9.17) is 10.1 Å². The fraction of sp³-hybridized carbons (Fsp3) is 0.0833. The second-order valence-corrected chi connectivity index (χ2v) is 8.12. The van der Waals surface area contributed by atoms with Gasteiger partial charge in [0.1, 0.15) is 16.6 Å². The van der Waals surface area contributed by atoms with Crippen LogP contribution in [0.3, 0.4) is 0 Å². The van der Waals surface area contributed by atoms with Crippen LogP contribution in [0.25, 0.3) is 11.8 Å². The van der Waals surface area contributed by atoms with Gasteiger partial charge in [-0.3, -0.25) is 10.2 Å². The molecule has 0 unspecified atom stereocenters. The highest BCUT2D eigenvalue weighted by atomic mass is 32.2. The Hall–Kier alpha value is -3.98. The third kappa shape index (κ3) is 3.98. The van der Waals surface area contributed by atoms with Crippen LogP contribution in [0.4, 0.5) is 4.39 Å². The average Bonchev–Trinajstić information content (AvgIpc) is 3.45. The molecule has 2 aliphatic rings. The van der Waals surface area contributed by atoms with Gasteiger partial charge in [0.2, 0.25) is 5.17 Å². The maximum Gasteiger partial charge on any atom is 0.283 e. The summed E-state index contributed by atoms with van der Waals surface area (Å²) in [5, 5.41) is 15.2. The zero-order valence-electron chi connectivity index (χ0n) is 17.5. The number of rotatable bonds is 5. The number of hydrogen-bond acceptors (Lipinski definition) is 5. The Balaban J connectivity index is 1.45. The SMILES string of the molecule is CCOc1ccc(-n2cccc2/C=C2\C(=N)N3N=C(c4ccc(F)cc4)SC3=NC2=O)cc1. The van der Waals surface area contributed by atoms with Crippen molar-refractivity contribution in [2.24, 2.45) is 10.1 Å². The number of amides is 1. The number of thioether (sulfide) groups is 1. The van der Waals surface area contributed by atoms with Crippen LogP contribution < -0.4 is 4.74 Å². The van der Waals surface area contributed by atoms with Crippen molar-refractivity contribution in [1.82, 2.24) is 9.58 Å². The highest BCUT2D eigenvalue weighted by Crippen LogP contribution is 2.31. The number of hydrogen-bond donors (Lipinski definition) is 1. The molecule has 2 aromatic carbocycles. The molecule has 1 amide bonds. The number of nitrogens with one attached hydrogen (secondary N) is 1. The Morgan fingerprint density at radius 1 is 1.12 bits per heavy atom. The van der Waals surface area contributed by atoms with Crippen LogP contribution in [0, 0.1) is 11.2 Å². The molecule has 5 rings (SSSR count). The molecule has 0 spiro atoms. The lowest BCUT2D eigenvalue weighted by Gasteiger charge is -2.20. The van der Waals surface area contributed by atoms with Gasteiger partial charge in [0.15, 0.2) is 5.84 Å². The van der Waals surface area contributed by atoms with E-state index in [0.29, 0.717) is 22.4 Å². The second-order valence-electron chi connectivity index (χ2n) is 7.16. The molecule has 3 aromatic rings. The number of halogens is 1. The molecule has 2 aliphatic heterocycles. The topological polar surface area (TPSA) is 83.0 Å². The normalized spacial score (nSPS) is 16.7. The van der Waals surface area contributed by atoms with Crippen molar-refractivity contribution in [2.45, 2.75) is 6.92 Å². The Bertz CT molecular complexity index is 1340. The van der Waals surface area contributed by atoms with Crippen LogP contribution in [0.5, 0.6) is 5.75 Å². The lowest BCUT2D eigenvalue weighted by Crippen LogP contribution is -2.35. The predicted molar refractivity (Wildman–Crippen MR) is 127 cm³/mol. The van der Waals surface area contributed by atoms with E-state index in [1.807, 2.05) is 54.1 Å². The Morgan fingerprint density at radius 2 is 1.88 bits per heavy atom. The van der Waals surface area contributed by atoms with Crippen LogP contribution in [0.15, 0.2) is 82.5 Å². The van der Waals surface area contributed by atoms with Crippen LogP contribution in [0.2, 0.25) is 0 Å². The zero-order chi connectivity index (χ0) is 22.9. The first-order valence-electron chi connectivity index (χ1n) is 10.2. The summed E-state index contributed by atoms with van der Waals surface area (Å²) < 4.78 is 20.7. The maximum absolute atomic E-state index is 13.2. The summed E-state index contributed by atoms with van der Waals surface area (Å²) in [5.41, 5.74) is 2.44. The molecule has 0 bridgehead atoms. The maximum atomic E-state index is 13.2. The first-order valence-corrected chi connectivity index (χ1v) is 11.0. The molecule has 7 nitrogen and oxygen atoms in total. The molecule has 164 valence electrons. The molecule has 0 atom stereocenters. The number of aliphatic imine (C=N–C) groups is 1. The number of amidine groups is 2. The van der Waals surface area contributed by atoms with E-state index in [2.05, 4.69) is 10.1 Å². The van der Waals surface area contributed by atoms with Crippen LogP contribution in [-0.4, -0.2) is 38.1 Å². The largest absolute Gasteiger partial charge is 0.494 e. The van der Waals surface area contributed by atoms with Gasteiger partial charge in [-0.2, -0.15) is 15.1 Å². The molecule has 3 heterocycles. The molecule has 0 radical (unpaired) electrons. The van der Waals surface area contributed by atoms with Gasteiger partial charge in [-0.1, -0.05) is 0 Å². The van der Waals surface area contributed by atoms with E-state index in [1.54, 1.807) is 18.2 Å². The van der Waals surface area contributed by atoms with Gasteiger partial charge < -0.3 is 9.30 Å². The number of aromatic nitrogens is 1. The Kier molecular flexibility index (Phi) is 5.39. The minimum Gasteiger partial charge on any atom is -0.494 e. The molecule has 9 heteroatoms. The first kappa shape index (κ1) is 20.9. The minimum absolute atomic E-state index is 0.0611. The van der Waals surface area contributed by atoms with E-state index < -0.39 is 5.91 Å². The van der Waals surface area contributed by atoms with Gasteiger partial charge >= 0.3 is 0 Å². The molecular weight excluding hydrogens is 441 g/mol. The third-order valence-electron chi connectivity index (χ3n) is 5.04. The van der Waals surface area contributed by atoms with E-state index in [0.717, 1.165) is 17.1 Å². The van der Waals surface area contributed by atoms with Gasteiger partial charge in [-0.15, -0.1) is 0 Å². The number of nitrogens with zero attached hydrogens (tertiary/aromatic N) is 4. The highest BCUT2D eigenvalue weighted by molar-refractivity contribution is 8.27. The molecule has 0 fully saturated rings. The van der Waals surface area contributed by atoms with Crippen molar-refractivity contribution in [3.63, 3.8) is 0 Å². The summed E-state index contributed by atoms with van der Waals surface area (Å²) in [5.74, 6) is -0.135. The first-order chi connectivity index (χ1) is 16.0. The molecule has 0 saturated heterocycles. The van der Waals surface area contributed by atoms with E-state index in [9.17, 15) is 9.18 Å². The van der Waals surface area contributed by atoms with Crippen molar-refractivity contribution in [3.05, 3.63) is 89.5 Å². The van der Waals surface area contributed by atoms with Crippen molar-refractivity contribution < 1.29 is 13.9 Å². The van der Waals surface area contributed by atoms with Crippen molar-refractivity contribution in [2.75, 3.05) is 6.61 Å². The smallest absolute Gasteiger partial charge is 0.283 e. The summed E-state index contributed by atoms with van der Waals surface area (Å²) in [7, 11) is 0. The lowest BCUT2D eigenvalue weighted by atomic mass is 10.1. The number of ether oxygens (including phenoxy) is 1. The van der Waals surface area contributed by atoms with E-state index >= 15 is 0 Å². The summed E-state index contributed by atoms with van der Waals surface area (Å²) in [6, 6.07) is 17.2. The van der Waals surface area contributed by atoms with Crippen LogP contribution in [-0.2, 0) is 4.79 Å². The van der Waals surface area contributed by atoms with Gasteiger partial charge in [-0.05, 0) is 85.4 Å². The highest BCUT2D eigenvalue weighted by Gasteiger charge is 2.36. The Morgan fingerprint density at radius 3 is 2.61 bits per heavy atom. The number of fused-ring (bicyclic) bond motifs is 1. The van der Waals surface area contributed by atoms with Crippen molar-refractivity contribution in [1.29, 1.82) is 5.41 Å². The van der Waals surface area contributed by atoms with Gasteiger partial charge in [0.25, 0.3) is 5.91 Å². The monoisotopic (exact) mass is 459 g/mol. The predicted octanol–water partition coefficient (Wildman–Crippen LogP) is 4.68. The van der Waals surface area contributed by atoms with Crippen molar-refractivity contribution in [3.8, 4) is 11.4 Å². The fourth-order valence-corrected chi connectivity index (χ4v) is 4.36. The number of carbonyl (C=O) groups is 1. The number of carbonyl (C=O) groups excluding carboxylic acids is 1. The molecule has 0 aliphatic carbocycles. The summed E-state index contributed by atoms with van der Waals surface area (Å²) in [6.45, 7) is 2.52. The number of hydrazone groups is 1. The molecule has 0 saturated carbocycles. The minimum atomic E-state index is -0.506. The van der Waals surface area contributed by atoms with Gasteiger partial charge in [-0.25, -0.2) is 4.39 Å². The van der Waals surface area contributed by atoms with Crippen LogP contribution >= 0.6 is 11.8 Å². The third-order valence-corrected chi connectivity index (χ3v) is 6.00. The molecule has 1 N–H and O–H groups in total. The number of benzene rings is 2. The summed E-state index contributed by atoms with van der Waals surface area (Å²) >= 11 is 1.17. The average molecular weight is 460 g/mol.